The van der Waals surface area contributed by atoms with E-state index in [-0.39, 0.29) is 5.91 Å². The van der Waals surface area contributed by atoms with Gasteiger partial charge in [-0.2, -0.15) is 0 Å². The Balaban J connectivity index is 1.26. The fourth-order valence-corrected chi connectivity index (χ4v) is 4.52. The van der Waals surface area contributed by atoms with Crippen LogP contribution in [-0.4, -0.2) is 56.6 Å². The fourth-order valence-electron chi connectivity index (χ4n) is 4.52. The summed E-state index contributed by atoms with van der Waals surface area (Å²) >= 11 is 0. The van der Waals surface area contributed by atoms with Crippen molar-refractivity contribution < 1.29 is 9.32 Å². The van der Waals surface area contributed by atoms with Crippen LogP contribution in [0.1, 0.15) is 33.9 Å². The normalized spacial score (nSPS) is 14.8. The molecule has 174 valence electrons. The van der Waals surface area contributed by atoms with E-state index >= 15 is 0 Å². The number of benzene rings is 2. The summed E-state index contributed by atoms with van der Waals surface area (Å²) in [5.41, 5.74) is 3.34. The van der Waals surface area contributed by atoms with Crippen LogP contribution in [0.15, 0.2) is 77.6 Å². The van der Waals surface area contributed by atoms with Gasteiger partial charge < -0.3 is 14.0 Å². The number of hydrogen-bond acceptors (Lipinski definition) is 5. The molecular formula is C27H29N5O2. The van der Waals surface area contributed by atoms with E-state index in [9.17, 15) is 4.79 Å². The molecule has 2 aromatic heterocycles. The molecule has 0 N–H and O–H groups in total. The van der Waals surface area contributed by atoms with E-state index in [1.807, 2.05) is 60.6 Å². The predicted molar refractivity (Wildman–Crippen MR) is 130 cm³/mol. The zero-order valence-corrected chi connectivity index (χ0v) is 19.4. The molecule has 1 aliphatic heterocycles. The van der Waals surface area contributed by atoms with Gasteiger partial charge in [0, 0.05) is 50.7 Å². The lowest BCUT2D eigenvalue weighted by Gasteiger charge is -2.22. The summed E-state index contributed by atoms with van der Waals surface area (Å²) in [6.07, 6.45) is 4.82. The Labute approximate surface area is 199 Å². The molecule has 34 heavy (non-hydrogen) atoms. The van der Waals surface area contributed by atoms with Crippen molar-refractivity contribution in [3.8, 4) is 11.3 Å². The first-order valence-electron chi connectivity index (χ1n) is 11.8. The predicted octanol–water partition coefficient (Wildman–Crippen LogP) is 4.24. The smallest absolute Gasteiger partial charge is 0.259 e. The van der Waals surface area contributed by atoms with Crippen molar-refractivity contribution in [1.29, 1.82) is 0 Å². The molecule has 3 heterocycles. The van der Waals surface area contributed by atoms with Crippen LogP contribution in [0.25, 0.3) is 11.3 Å². The van der Waals surface area contributed by atoms with E-state index in [0.29, 0.717) is 30.1 Å². The zero-order chi connectivity index (χ0) is 23.3. The summed E-state index contributed by atoms with van der Waals surface area (Å²) < 4.78 is 7.63. The second-order valence-corrected chi connectivity index (χ2v) is 8.71. The van der Waals surface area contributed by atoms with Crippen molar-refractivity contribution in [3.05, 3.63) is 95.8 Å². The minimum Gasteiger partial charge on any atom is -0.360 e. The maximum Gasteiger partial charge on any atom is 0.259 e. The van der Waals surface area contributed by atoms with Crippen LogP contribution in [0, 0.1) is 6.92 Å². The highest BCUT2D eigenvalue weighted by atomic mass is 16.5. The summed E-state index contributed by atoms with van der Waals surface area (Å²) in [4.78, 5) is 22.4. The van der Waals surface area contributed by atoms with E-state index < -0.39 is 0 Å². The largest absolute Gasteiger partial charge is 0.360 e. The Kier molecular flexibility index (Phi) is 6.53. The highest BCUT2D eigenvalue weighted by molar-refractivity contribution is 6.00. The highest BCUT2D eigenvalue weighted by Crippen LogP contribution is 2.26. The van der Waals surface area contributed by atoms with E-state index in [2.05, 4.69) is 43.9 Å². The van der Waals surface area contributed by atoms with E-state index in [0.717, 1.165) is 44.0 Å². The van der Waals surface area contributed by atoms with Crippen molar-refractivity contribution >= 4 is 5.91 Å². The van der Waals surface area contributed by atoms with Gasteiger partial charge in [0.1, 0.15) is 22.8 Å². The molecule has 0 atom stereocenters. The Morgan fingerprint density at radius 3 is 2.50 bits per heavy atom. The second-order valence-electron chi connectivity index (χ2n) is 8.71. The Hall–Kier alpha value is -3.71. The fraction of sp³-hybridized carbons (Fsp3) is 0.296. The first-order valence-corrected chi connectivity index (χ1v) is 11.8. The quantitative estimate of drug-likeness (QED) is 0.435. The van der Waals surface area contributed by atoms with Crippen molar-refractivity contribution in [2.45, 2.75) is 26.4 Å². The van der Waals surface area contributed by atoms with Gasteiger partial charge in [-0.15, -0.1) is 0 Å². The molecule has 0 saturated carbocycles. The molecule has 0 unspecified atom stereocenters. The zero-order valence-electron chi connectivity index (χ0n) is 19.4. The summed E-state index contributed by atoms with van der Waals surface area (Å²) in [7, 11) is 0. The molecule has 0 spiro atoms. The molecular weight excluding hydrogens is 426 g/mol. The lowest BCUT2D eigenvalue weighted by molar-refractivity contribution is 0.0760. The van der Waals surface area contributed by atoms with Crippen LogP contribution in [0.2, 0.25) is 0 Å². The maximum atomic E-state index is 13.5. The standard InChI is InChI=1S/C27H29N5O2/c1-21-25(26(29-34-21)23-11-6-3-7-12-23)27(33)31-15-8-14-30(17-18-31)20-24-28-13-16-32(24)19-22-9-4-2-5-10-22/h2-7,9-13,16H,8,14-15,17-20H2,1H3. The lowest BCUT2D eigenvalue weighted by Crippen LogP contribution is -2.35. The number of nitrogens with zero attached hydrogens (tertiary/aromatic N) is 5. The third kappa shape index (κ3) is 4.79. The van der Waals surface area contributed by atoms with Crippen molar-refractivity contribution in [2.75, 3.05) is 26.2 Å². The number of amides is 1. The van der Waals surface area contributed by atoms with E-state index in [1.165, 1.54) is 5.56 Å². The molecule has 0 bridgehead atoms. The lowest BCUT2D eigenvalue weighted by atomic mass is 10.1. The third-order valence-corrected chi connectivity index (χ3v) is 6.36. The summed E-state index contributed by atoms with van der Waals surface area (Å²) in [5, 5.41) is 4.19. The number of carbonyl (C=O) groups excluding carboxylic acids is 1. The highest BCUT2D eigenvalue weighted by Gasteiger charge is 2.27. The van der Waals surface area contributed by atoms with Gasteiger partial charge in [0.25, 0.3) is 5.91 Å². The average molecular weight is 456 g/mol. The second kappa shape index (κ2) is 10.1. The minimum absolute atomic E-state index is 0.00923. The molecule has 7 heteroatoms. The van der Waals surface area contributed by atoms with Crippen LogP contribution in [0.4, 0.5) is 0 Å². The molecule has 1 aliphatic rings. The van der Waals surface area contributed by atoms with E-state index in [1.54, 1.807) is 0 Å². The first kappa shape index (κ1) is 22.1. The van der Waals surface area contributed by atoms with Gasteiger partial charge >= 0.3 is 0 Å². The molecule has 1 fully saturated rings. The molecule has 2 aromatic carbocycles. The topological polar surface area (TPSA) is 67.4 Å². The Bertz CT molecular complexity index is 1230. The molecule has 1 amide bonds. The van der Waals surface area contributed by atoms with Gasteiger partial charge in [0.05, 0.1) is 6.54 Å². The number of hydrogen-bond donors (Lipinski definition) is 0. The molecule has 4 aromatic rings. The maximum absolute atomic E-state index is 13.5. The van der Waals surface area contributed by atoms with Gasteiger partial charge in [0.2, 0.25) is 0 Å². The molecule has 0 aliphatic carbocycles. The molecule has 0 radical (unpaired) electrons. The Morgan fingerprint density at radius 2 is 1.71 bits per heavy atom. The molecule has 7 nitrogen and oxygen atoms in total. The van der Waals surface area contributed by atoms with Crippen molar-refractivity contribution in [1.82, 2.24) is 24.5 Å². The van der Waals surface area contributed by atoms with E-state index in [4.69, 9.17) is 4.52 Å². The number of rotatable bonds is 6. The van der Waals surface area contributed by atoms with Gasteiger partial charge in [-0.3, -0.25) is 9.69 Å². The van der Waals surface area contributed by atoms with Crippen molar-refractivity contribution in [2.24, 2.45) is 0 Å². The van der Waals surface area contributed by atoms with Crippen LogP contribution >= 0.6 is 0 Å². The van der Waals surface area contributed by atoms with Gasteiger partial charge in [-0.1, -0.05) is 65.8 Å². The number of imidazole rings is 1. The first-order chi connectivity index (χ1) is 16.7. The Morgan fingerprint density at radius 1 is 0.941 bits per heavy atom. The minimum atomic E-state index is -0.00923. The van der Waals surface area contributed by atoms with Crippen LogP contribution in [-0.2, 0) is 13.1 Å². The van der Waals surface area contributed by atoms with Crippen LogP contribution in [0.3, 0.4) is 0 Å². The number of aromatic nitrogens is 3. The van der Waals surface area contributed by atoms with Gasteiger partial charge in [-0.25, -0.2) is 4.98 Å². The summed E-state index contributed by atoms with van der Waals surface area (Å²) in [6, 6.07) is 20.2. The number of carbonyl (C=O) groups is 1. The van der Waals surface area contributed by atoms with Crippen LogP contribution < -0.4 is 0 Å². The van der Waals surface area contributed by atoms with Crippen LogP contribution in [0.5, 0.6) is 0 Å². The number of aryl methyl sites for hydroxylation is 1. The van der Waals surface area contributed by atoms with Gasteiger partial charge in [0.15, 0.2) is 0 Å². The SMILES string of the molecule is Cc1onc(-c2ccccc2)c1C(=O)N1CCCN(Cc2nccn2Cc2ccccc2)CC1. The molecule has 5 rings (SSSR count). The van der Waals surface area contributed by atoms with Gasteiger partial charge in [-0.05, 0) is 18.9 Å². The monoisotopic (exact) mass is 455 g/mol. The summed E-state index contributed by atoms with van der Waals surface area (Å²) in [5.74, 6) is 1.60. The molecule has 1 saturated heterocycles. The third-order valence-electron chi connectivity index (χ3n) is 6.36. The average Bonchev–Trinajstić information content (AvgIpc) is 3.39. The summed E-state index contributed by atoms with van der Waals surface area (Å²) in [6.45, 7) is 6.49. The van der Waals surface area contributed by atoms with Crippen molar-refractivity contribution in [3.63, 3.8) is 0 Å².